The summed E-state index contributed by atoms with van der Waals surface area (Å²) in [5.41, 5.74) is 0.798. The molecule has 3 rings (SSSR count). The zero-order chi connectivity index (χ0) is 17.3. The molecule has 0 spiro atoms. The Morgan fingerprint density at radius 2 is 2.04 bits per heavy atom. The van der Waals surface area contributed by atoms with E-state index in [1.165, 1.54) is 0 Å². The first-order valence-corrected chi connectivity index (χ1v) is 8.16. The number of nitrogens with one attached hydrogen (secondary N) is 2. The van der Waals surface area contributed by atoms with E-state index in [0.29, 0.717) is 26.2 Å². The van der Waals surface area contributed by atoms with E-state index in [2.05, 4.69) is 29.4 Å². The second-order valence-electron chi connectivity index (χ2n) is 6.80. The molecule has 2 saturated heterocycles. The van der Waals surface area contributed by atoms with Gasteiger partial charge in [-0.25, -0.2) is 4.79 Å². The summed E-state index contributed by atoms with van der Waals surface area (Å²) in [4.78, 5) is 28.0. The monoisotopic (exact) mass is 332 g/mol. The fraction of sp³-hybridized carbons (Fsp3) is 0.529. The number of piperazine rings is 1. The maximum absolute atomic E-state index is 12.6. The van der Waals surface area contributed by atoms with Crippen LogP contribution in [0.4, 0.5) is 10.5 Å². The van der Waals surface area contributed by atoms with E-state index in [4.69, 9.17) is 4.74 Å². The van der Waals surface area contributed by atoms with E-state index in [0.717, 1.165) is 11.4 Å². The maximum atomic E-state index is 12.6. The van der Waals surface area contributed by atoms with Crippen LogP contribution in [0.5, 0.6) is 5.75 Å². The second-order valence-corrected chi connectivity index (χ2v) is 6.80. The molecule has 7 heteroatoms. The third-order valence-corrected chi connectivity index (χ3v) is 4.66. The van der Waals surface area contributed by atoms with Gasteiger partial charge in [-0.3, -0.25) is 4.79 Å². The van der Waals surface area contributed by atoms with E-state index in [9.17, 15) is 9.59 Å². The summed E-state index contributed by atoms with van der Waals surface area (Å²) in [6.45, 7) is 6.51. The third kappa shape index (κ3) is 2.98. The first kappa shape index (κ1) is 16.4. The number of carbonyl (C=O) groups is 2. The summed E-state index contributed by atoms with van der Waals surface area (Å²) in [6.07, 6.45) is 0. The lowest BCUT2D eigenvalue weighted by Gasteiger charge is -2.49. The predicted molar refractivity (Wildman–Crippen MR) is 91.3 cm³/mol. The fourth-order valence-corrected chi connectivity index (χ4v) is 3.47. The van der Waals surface area contributed by atoms with E-state index in [1.54, 1.807) is 7.11 Å². The summed E-state index contributed by atoms with van der Waals surface area (Å²) in [5, 5.41) is 5.30. The average Bonchev–Trinajstić information content (AvgIpc) is 2.99. The van der Waals surface area contributed by atoms with Crippen LogP contribution in [-0.4, -0.2) is 61.7 Å². The minimum absolute atomic E-state index is 0.0268. The number of carbonyl (C=O) groups excluding carboxylic acids is 2. The van der Waals surface area contributed by atoms with Crippen molar-refractivity contribution in [3.05, 3.63) is 24.3 Å². The van der Waals surface area contributed by atoms with E-state index < -0.39 is 6.04 Å². The van der Waals surface area contributed by atoms with Crippen molar-refractivity contribution in [3.8, 4) is 5.75 Å². The van der Waals surface area contributed by atoms with Gasteiger partial charge in [0.15, 0.2) is 0 Å². The smallest absolute Gasteiger partial charge is 0.315 e. The maximum Gasteiger partial charge on any atom is 0.315 e. The van der Waals surface area contributed by atoms with Gasteiger partial charge in [-0.15, -0.1) is 0 Å². The van der Waals surface area contributed by atoms with Gasteiger partial charge >= 0.3 is 6.03 Å². The summed E-state index contributed by atoms with van der Waals surface area (Å²) in [5.74, 6) is 0.804. The first-order valence-electron chi connectivity index (χ1n) is 8.16. The SMILES string of the molecule is COc1ccccc1N1CCN(C(=O)[C@H]2CNC(=O)N2)CC1(C)C. The number of amides is 3. The molecule has 0 aromatic heterocycles. The number of rotatable bonds is 3. The number of benzene rings is 1. The summed E-state index contributed by atoms with van der Waals surface area (Å²) >= 11 is 0. The quantitative estimate of drug-likeness (QED) is 0.859. The molecule has 2 aliphatic heterocycles. The topological polar surface area (TPSA) is 73.9 Å². The molecule has 0 unspecified atom stereocenters. The molecular weight excluding hydrogens is 308 g/mol. The van der Waals surface area contributed by atoms with Crippen LogP contribution in [0.25, 0.3) is 0 Å². The Morgan fingerprint density at radius 1 is 1.29 bits per heavy atom. The van der Waals surface area contributed by atoms with Gasteiger partial charge in [0.1, 0.15) is 11.8 Å². The van der Waals surface area contributed by atoms with Crippen LogP contribution < -0.4 is 20.3 Å². The van der Waals surface area contributed by atoms with Crippen LogP contribution in [0.1, 0.15) is 13.8 Å². The molecule has 0 saturated carbocycles. The van der Waals surface area contributed by atoms with Crippen LogP contribution in [-0.2, 0) is 4.79 Å². The number of hydrogen-bond acceptors (Lipinski definition) is 4. The molecule has 3 amide bonds. The second kappa shape index (κ2) is 6.22. The fourth-order valence-electron chi connectivity index (χ4n) is 3.47. The van der Waals surface area contributed by atoms with Crippen molar-refractivity contribution >= 4 is 17.6 Å². The van der Waals surface area contributed by atoms with Crippen molar-refractivity contribution in [3.63, 3.8) is 0 Å². The minimum Gasteiger partial charge on any atom is -0.495 e. The molecule has 1 aromatic rings. The Morgan fingerprint density at radius 3 is 2.67 bits per heavy atom. The molecule has 24 heavy (non-hydrogen) atoms. The number of hydrogen-bond donors (Lipinski definition) is 2. The number of para-hydroxylation sites is 2. The van der Waals surface area contributed by atoms with Crippen molar-refractivity contribution in [1.82, 2.24) is 15.5 Å². The molecular formula is C17H24N4O3. The standard InChI is InChI=1S/C17H24N4O3/c1-17(2)11-20(15(22)12-10-18-16(23)19-12)8-9-21(17)13-6-4-5-7-14(13)24-3/h4-7,12H,8-11H2,1-3H3,(H2,18,19,23)/t12-/m1/s1. The van der Waals surface area contributed by atoms with Gasteiger partial charge in [0, 0.05) is 26.2 Å². The van der Waals surface area contributed by atoms with Crippen LogP contribution in [0.3, 0.4) is 0 Å². The molecule has 1 atom stereocenters. The van der Waals surface area contributed by atoms with Gasteiger partial charge in [-0.1, -0.05) is 12.1 Å². The largest absolute Gasteiger partial charge is 0.495 e. The van der Waals surface area contributed by atoms with Crippen molar-refractivity contribution in [2.75, 3.05) is 38.2 Å². The van der Waals surface area contributed by atoms with E-state index in [1.807, 2.05) is 29.2 Å². The van der Waals surface area contributed by atoms with Crippen LogP contribution in [0.15, 0.2) is 24.3 Å². The molecule has 0 radical (unpaired) electrons. The van der Waals surface area contributed by atoms with E-state index in [-0.39, 0.29) is 17.5 Å². The molecule has 0 bridgehead atoms. The molecule has 2 fully saturated rings. The Kier molecular flexibility index (Phi) is 4.26. The van der Waals surface area contributed by atoms with Crippen LogP contribution in [0, 0.1) is 0 Å². The zero-order valence-corrected chi connectivity index (χ0v) is 14.3. The van der Waals surface area contributed by atoms with Crippen LogP contribution in [0.2, 0.25) is 0 Å². The lowest BCUT2D eigenvalue weighted by Crippen LogP contribution is -2.62. The van der Waals surface area contributed by atoms with Gasteiger partial charge in [0.05, 0.1) is 18.3 Å². The lowest BCUT2D eigenvalue weighted by atomic mass is 9.97. The molecule has 1 aromatic carbocycles. The molecule has 2 aliphatic rings. The van der Waals surface area contributed by atoms with Crippen LogP contribution >= 0.6 is 0 Å². The normalized spacial score (nSPS) is 22.8. The van der Waals surface area contributed by atoms with Gasteiger partial charge in [0.2, 0.25) is 5.91 Å². The van der Waals surface area contributed by atoms with Gasteiger partial charge in [-0.2, -0.15) is 0 Å². The first-order chi connectivity index (χ1) is 11.4. The summed E-state index contributed by atoms with van der Waals surface area (Å²) in [7, 11) is 1.67. The molecule has 130 valence electrons. The third-order valence-electron chi connectivity index (χ3n) is 4.66. The number of methoxy groups -OCH3 is 1. The Balaban J connectivity index is 1.75. The molecule has 7 nitrogen and oxygen atoms in total. The van der Waals surface area contributed by atoms with Gasteiger partial charge < -0.3 is 25.2 Å². The minimum atomic E-state index is -0.467. The van der Waals surface area contributed by atoms with Gasteiger partial charge in [-0.05, 0) is 26.0 Å². The van der Waals surface area contributed by atoms with Gasteiger partial charge in [0.25, 0.3) is 0 Å². The predicted octanol–water partition coefficient (Wildman–Crippen LogP) is 0.804. The molecule has 2 heterocycles. The summed E-state index contributed by atoms with van der Waals surface area (Å²) in [6, 6.07) is 7.18. The lowest BCUT2D eigenvalue weighted by molar-refractivity contribution is -0.134. The van der Waals surface area contributed by atoms with E-state index >= 15 is 0 Å². The highest BCUT2D eigenvalue weighted by Crippen LogP contribution is 2.34. The number of anilines is 1. The Bertz CT molecular complexity index is 646. The summed E-state index contributed by atoms with van der Waals surface area (Å²) < 4.78 is 5.48. The van der Waals surface area contributed by atoms with Crippen molar-refractivity contribution < 1.29 is 14.3 Å². The van der Waals surface area contributed by atoms with Crippen molar-refractivity contribution in [1.29, 1.82) is 0 Å². The Labute approximate surface area is 141 Å². The van der Waals surface area contributed by atoms with Crippen molar-refractivity contribution in [2.45, 2.75) is 25.4 Å². The molecule has 2 N–H and O–H groups in total. The number of nitrogens with zero attached hydrogens (tertiary/aromatic N) is 2. The highest BCUT2D eigenvalue weighted by molar-refractivity contribution is 5.90. The number of urea groups is 1. The highest BCUT2D eigenvalue weighted by Gasteiger charge is 2.39. The highest BCUT2D eigenvalue weighted by atomic mass is 16.5. The Hall–Kier alpha value is -2.44. The zero-order valence-electron chi connectivity index (χ0n) is 14.3. The van der Waals surface area contributed by atoms with Crippen molar-refractivity contribution in [2.24, 2.45) is 0 Å². The average molecular weight is 332 g/mol. The number of ether oxygens (including phenoxy) is 1. The molecule has 0 aliphatic carbocycles.